The Labute approximate surface area is 73.2 Å². The Kier molecular flexibility index (Phi) is 3.18. The fourth-order valence-electron chi connectivity index (χ4n) is 1.58. The van der Waals surface area contributed by atoms with Crippen LogP contribution in [0.1, 0.15) is 39.0 Å². The lowest BCUT2D eigenvalue weighted by molar-refractivity contribution is -0.118. The molecule has 2 heteroatoms. The fraction of sp³-hybridized carbons (Fsp3) is 0.778. The van der Waals surface area contributed by atoms with Crippen molar-refractivity contribution in [2.45, 2.75) is 39.0 Å². The van der Waals surface area contributed by atoms with Crippen molar-refractivity contribution in [1.82, 2.24) is 0 Å². The largest absolute Gasteiger partial charge is 0.299 e. The number of hydrogen-bond donors (Lipinski definition) is 0. The minimum Gasteiger partial charge on any atom is -0.299 e. The van der Waals surface area contributed by atoms with Crippen LogP contribution < -0.4 is 0 Å². The lowest BCUT2D eigenvalue weighted by Gasteiger charge is -2.07. The van der Waals surface area contributed by atoms with Crippen LogP contribution in [0.3, 0.4) is 0 Å². The van der Waals surface area contributed by atoms with Gasteiger partial charge in [-0.15, -0.1) is 0 Å². The number of thiocarbonyl (C=S) groups is 1. The van der Waals surface area contributed by atoms with Gasteiger partial charge in [-0.25, -0.2) is 0 Å². The van der Waals surface area contributed by atoms with Crippen molar-refractivity contribution in [2.24, 2.45) is 5.92 Å². The number of ketones is 1. The zero-order valence-corrected chi connectivity index (χ0v) is 7.75. The summed E-state index contributed by atoms with van der Waals surface area (Å²) in [6.45, 7) is 2.10. The average Bonchev–Trinajstić information content (AvgIpc) is 2.36. The molecule has 0 amide bonds. The molecule has 1 rings (SSSR count). The third-order valence-electron chi connectivity index (χ3n) is 2.19. The molecule has 0 bridgehead atoms. The molecule has 1 aliphatic carbocycles. The summed E-state index contributed by atoms with van der Waals surface area (Å²) < 4.78 is 0. The SMILES string of the molecule is CCCC(=S)C1CCCC1=O. The van der Waals surface area contributed by atoms with Crippen molar-refractivity contribution in [2.75, 3.05) is 0 Å². The molecular weight excluding hydrogens is 156 g/mol. The highest BCUT2D eigenvalue weighted by Crippen LogP contribution is 2.24. The van der Waals surface area contributed by atoms with Gasteiger partial charge in [-0.05, 0) is 19.3 Å². The zero-order valence-electron chi connectivity index (χ0n) is 6.93. The maximum Gasteiger partial charge on any atom is 0.140 e. The molecule has 0 aromatic heterocycles. The van der Waals surface area contributed by atoms with E-state index in [0.717, 1.165) is 37.0 Å². The van der Waals surface area contributed by atoms with Crippen LogP contribution in [0.4, 0.5) is 0 Å². The molecule has 0 saturated heterocycles. The minimum absolute atomic E-state index is 0.143. The quantitative estimate of drug-likeness (QED) is 0.605. The molecule has 0 aromatic carbocycles. The van der Waals surface area contributed by atoms with E-state index < -0.39 is 0 Å². The first-order valence-corrected chi connectivity index (χ1v) is 4.72. The topological polar surface area (TPSA) is 17.1 Å². The van der Waals surface area contributed by atoms with Gasteiger partial charge in [-0.3, -0.25) is 4.79 Å². The first-order chi connectivity index (χ1) is 5.25. The Bertz CT molecular complexity index is 174. The Morgan fingerprint density at radius 1 is 1.73 bits per heavy atom. The molecule has 62 valence electrons. The van der Waals surface area contributed by atoms with E-state index in [1.165, 1.54) is 0 Å². The van der Waals surface area contributed by atoms with E-state index in [4.69, 9.17) is 12.2 Å². The molecule has 0 N–H and O–H groups in total. The van der Waals surface area contributed by atoms with Crippen molar-refractivity contribution >= 4 is 22.9 Å². The summed E-state index contributed by atoms with van der Waals surface area (Å²) in [6.07, 6.45) is 4.84. The van der Waals surface area contributed by atoms with Crippen molar-refractivity contribution in [3.63, 3.8) is 0 Å². The summed E-state index contributed by atoms with van der Waals surface area (Å²) in [5, 5.41) is 0. The molecule has 1 atom stereocenters. The second-order valence-electron chi connectivity index (χ2n) is 3.13. The van der Waals surface area contributed by atoms with E-state index in [1.807, 2.05) is 0 Å². The van der Waals surface area contributed by atoms with E-state index in [-0.39, 0.29) is 5.92 Å². The molecule has 1 saturated carbocycles. The molecule has 11 heavy (non-hydrogen) atoms. The Morgan fingerprint density at radius 3 is 2.91 bits per heavy atom. The number of Topliss-reactive ketones (excluding diaryl/α,β-unsaturated/α-hetero) is 1. The van der Waals surface area contributed by atoms with Gasteiger partial charge in [0.15, 0.2) is 0 Å². The third kappa shape index (κ3) is 2.09. The second-order valence-corrected chi connectivity index (χ2v) is 3.65. The average molecular weight is 170 g/mol. The molecule has 0 aromatic rings. The van der Waals surface area contributed by atoms with Gasteiger partial charge >= 0.3 is 0 Å². The van der Waals surface area contributed by atoms with Crippen molar-refractivity contribution in [3.05, 3.63) is 0 Å². The summed E-state index contributed by atoms with van der Waals surface area (Å²) in [6, 6.07) is 0. The molecule has 1 unspecified atom stereocenters. The molecule has 1 fully saturated rings. The van der Waals surface area contributed by atoms with Crippen LogP contribution >= 0.6 is 12.2 Å². The van der Waals surface area contributed by atoms with Crippen molar-refractivity contribution in [1.29, 1.82) is 0 Å². The first kappa shape index (κ1) is 8.85. The van der Waals surface area contributed by atoms with Crippen LogP contribution in [0, 0.1) is 5.92 Å². The second kappa shape index (κ2) is 3.96. The highest BCUT2D eigenvalue weighted by Gasteiger charge is 2.26. The summed E-state index contributed by atoms with van der Waals surface area (Å²) in [5.74, 6) is 0.522. The monoisotopic (exact) mass is 170 g/mol. The van der Waals surface area contributed by atoms with Gasteiger partial charge in [0, 0.05) is 17.2 Å². The molecule has 1 nitrogen and oxygen atoms in total. The Balaban J connectivity index is 2.46. The standard InChI is InChI=1S/C9H14OS/c1-2-4-9(11)7-5-3-6-8(7)10/h7H,2-6H2,1H3. The zero-order chi connectivity index (χ0) is 8.27. The highest BCUT2D eigenvalue weighted by atomic mass is 32.1. The lowest BCUT2D eigenvalue weighted by Crippen LogP contribution is -2.16. The van der Waals surface area contributed by atoms with Crippen molar-refractivity contribution in [3.8, 4) is 0 Å². The van der Waals surface area contributed by atoms with Crippen LogP contribution in [0.25, 0.3) is 0 Å². The number of carbonyl (C=O) groups is 1. The van der Waals surface area contributed by atoms with Crippen LogP contribution in [-0.4, -0.2) is 10.6 Å². The van der Waals surface area contributed by atoms with E-state index in [2.05, 4.69) is 6.92 Å². The van der Waals surface area contributed by atoms with E-state index in [9.17, 15) is 4.79 Å². The Hall–Kier alpha value is -0.240. The van der Waals surface area contributed by atoms with Gasteiger partial charge in [0.05, 0.1) is 0 Å². The first-order valence-electron chi connectivity index (χ1n) is 4.31. The molecule has 0 radical (unpaired) electrons. The van der Waals surface area contributed by atoms with Gasteiger partial charge in [0.25, 0.3) is 0 Å². The predicted octanol–water partition coefficient (Wildman–Crippen LogP) is 2.53. The molecular formula is C9H14OS. The van der Waals surface area contributed by atoms with Gasteiger partial charge in [-0.2, -0.15) is 0 Å². The van der Waals surface area contributed by atoms with Gasteiger partial charge in [-0.1, -0.05) is 25.6 Å². The van der Waals surface area contributed by atoms with E-state index >= 15 is 0 Å². The fourth-order valence-corrected chi connectivity index (χ4v) is 2.03. The number of carbonyl (C=O) groups excluding carboxylic acids is 1. The Morgan fingerprint density at radius 2 is 2.45 bits per heavy atom. The maximum absolute atomic E-state index is 11.2. The predicted molar refractivity (Wildman–Crippen MR) is 49.9 cm³/mol. The van der Waals surface area contributed by atoms with Crippen LogP contribution in [-0.2, 0) is 4.79 Å². The van der Waals surface area contributed by atoms with Gasteiger partial charge in [0.1, 0.15) is 5.78 Å². The minimum atomic E-state index is 0.143. The van der Waals surface area contributed by atoms with Gasteiger partial charge in [0.2, 0.25) is 0 Å². The van der Waals surface area contributed by atoms with E-state index in [1.54, 1.807) is 0 Å². The summed E-state index contributed by atoms with van der Waals surface area (Å²) >= 11 is 5.17. The van der Waals surface area contributed by atoms with Crippen LogP contribution in [0.5, 0.6) is 0 Å². The normalized spacial score (nSPS) is 24.1. The number of hydrogen-bond acceptors (Lipinski definition) is 2. The summed E-state index contributed by atoms with van der Waals surface area (Å²) in [7, 11) is 0. The third-order valence-corrected chi connectivity index (χ3v) is 2.68. The molecule has 0 spiro atoms. The molecule has 0 heterocycles. The smallest absolute Gasteiger partial charge is 0.140 e. The summed E-state index contributed by atoms with van der Waals surface area (Å²) in [5.41, 5.74) is 0. The maximum atomic E-state index is 11.2. The highest BCUT2D eigenvalue weighted by molar-refractivity contribution is 7.80. The molecule has 0 aliphatic heterocycles. The van der Waals surface area contributed by atoms with E-state index in [0.29, 0.717) is 5.78 Å². The van der Waals surface area contributed by atoms with Crippen LogP contribution in [0.2, 0.25) is 0 Å². The van der Waals surface area contributed by atoms with Crippen LogP contribution in [0.15, 0.2) is 0 Å². The number of rotatable bonds is 3. The van der Waals surface area contributed by atoms with Gasteiger partial charge < -0.3 is 0 Å². The lowest BCUT2D eigenvalue weighted by atomic mass is 10.00. The van der Waals surface area contributed by atoms with Crippen molar-refractivity contribution < 1.29 is 4.79 Å². The molecule has 1 aliphatic rings. The summed E-state index contributed by atoms with van der Waals surface area (Å²) in [4.78, 5) is 12.2.